The van der Waals surface area contributed by atoms with E-state index in [2.05, 4.69) is 32.6 Å². The van der Waals surface area contributed by atoms with Crippen LogP contribution in [0.5, 0.6) is 0 Å². The van der Waals surface area contributed by atoms with Crippen molar-refractivity contribution in [2.45, 2.75) is 71.3 Å². The van der Waals surface area contributed by atoms with Gasteiger partial charge in [-0.1, -0.05) is 31.6 Å². The van der Waals surface area contributed by atoms with Crippen molar-refractivity contribution in [3.05, 3.63) is 24.3 Å². The van der Waals surface area contributed by atoms with Crippen molar-refractivity contribution in [3.8, 4) is 0 Å². The third-order valence-corrected chi connectivity index (χ3v) is 8.75. The van der Waals surface area contributed by atoms with E-state index in [4.69, 9.17) is 4.74 Å². The van der Waals surface area contributed by atoms with Gasteiger partial charge >= 0.3 is 0 Å². The Balaban J connectivity index is 1.64. The van der Waals surface area contributed by atoms with Crippen LogP contribution in [0.3, 0.4) is 0 Å². The van der Waals surface area contributed by atoms with E-state index in [0.29, 0.717) is 16.9 Å². The zero-order chi connectivity index (χ0) is 16.2. The molecule has 0 amide bonds. The third-order valence-electron chi connectivity index (χ3n) is 8.75. The summed E-state index contributed by atoms with van der Waals surface area (Å²) in [5.41, 5.74) is 2.73. The molecule has 0 saturated heterocycles. The van der Waals surface area contributed by atoms with Crippen molar-refractivity contribution in [3.63, 3.8) is 0 Å². The first-order valence-electron chi connectivity index (χ1n) is 9.88. The van der Waals surface area contributed by atoms with E-state index in [1.165, 1.54) is 51.4 Å². The van der Waals surface area contributed by atoms with Crippen LogP contribution in [-0.4, -0.2) is 13.2 Å². The smallest absolute Gasteiger partial charge is 0.0608 e. The van der Waals surface area contributed by atoms with E-state index in [-0.39, 0.29) is 0 Å². The maximum atomic E-state index is 5.68. The molecule has 0 aromatic carbocycles. The summed E-state index contributed by atoms with van der Waals surface area (Å²) >= 11 is 0. The topological polar surface area (TPSA) is 9.23 Å². The van der Waals surface area contributed by atoms with Crippen LogP contribution in [-0.2, 0) is 4.74 Å². The van der Waals surface area contributed by atoms with E-state index < -0.39 is 0 Å². The quantitative estimate of drug-likeness (QED) is 0.588. The summed E-state index contributed by atoms with van der Waals surface area (Å²) in [5, 5.41) is 0. The second kappa shape index (κ2) is 5.48. The first-order valence-corrected chi connectivity index (χ1v) is 9.88. The first-order chi connectivity index (χ1) is 11.0. The summed E-state index contributed by atoms with van der Waals surface area (Å²) in [5.74, 6) is 3.53. The van der Waals surface area contributed by atoms with Gasteiger partial charge in [0.15, 0.2) is 0 Å². The van der Waals surface area contributed by atoms with Crippen molar-refractivity contribution < 1.29 is 4.74 Å². The lowest BCUT2D eigenvalue weighted by molar-refractivity contribution is -0.0482. The van der Waals surface area contributed by atoms with Crippen LogP contribution < -0.4 is 0 Å². The summed E-state index contributed by atoms with van der Waals surface area (Å²) in [4.78, 5) is 0. The molecule has 0 N–H and O–H groups in total. The SMILES string of the molecule is C=C[C@H]1CC[C@H]2[C@@H]3CC=C4C[C@@H](OC)CC[C@]4(C)[C@H]3CC[C@]12C. The van der Waals surface area contributed by atoms with Gasteiger partial charge in [0.2, 0.25) is 0 Å². The van der Waals surface area contributed by atoms with Gasteiger partial charge in [0.25, 0.3) is 0 Å². The van der Waals surface area contributed by atoms with Crippen LogP contribution in [0.25, 0.3) is 0 Å². The van der Waals surface area contributed by atoms with Gasteiger partial charge in [0, 0.05) is 7.11 Å². The highest BCUT2D eigenvalue weighted by molar-refractivity contribution is 5.25. The van der Waals surface area contributed by atoms with Crippen molar-refractivity contribution in [1.82, 2.24) is 0 Å². The molecule has 23 heavy (non-hydrogen) atoms. The molecule has 0 heterocycles. The number of allylic oxidation sites excluding steroid dienone is 2. The fourth-order valence-corrected chi connectivity index (χ4v) is 7.26. The van der Waals surface area contributed by atoms with Crippen molar-refractivity contribution >= 4 is 0 Å². The monoisotopic (exact) mass is 314 g/mol. The summed E-state index contributed by atoms with van der Waals surface area (Å²) in [7, 11) is 1.89. The maximum Gasteiger partial charge on any atom is 0.0608 e. The Hall–Kier alpha value is -0.560. The number of fused-ring (bicyclic) bond motifs is 5. The van der Waals surface area contributed by atoms with Crippen LogP contribution in [0, 0.1) is 34.5 Å². The van der Waals surface area contributed by atoms with E-state index in [1.807, 2.05) is 7.11 Å². The first kappa shape index (κ1) is 15.9. The number of hydrogen-bond acceptors (Lipinski definition) is 1. The van der Waals surface area contributed by atoms with Gasteiger partial charge < -0.3 is 4.74 Å². The molecule has 0 spiro atoms. The molecule has 1 heteroatoms. The predicted octanol–water partition coefficient (Wildman–Crippen LogP) is 5.77. The number of methoxy groups -OCH3 is 1. The highest BCUT2D eigenvalue weighted by Crippen LogP contribution is 2.66. The molecule has 7 atom stereocenters. The molecule has 3 saturated carbocycles. The Bertz CT molecular complexity index is 520. The molecule has 0 bridgehead atoms. The van der Waals surface area contributed by atoms with Gasteiger partial charge in [-0.15, -0.1) is 6.58 Å². The molecule has 128 valence electrons. The standard InChI is InChI=1S/C22H34O/c1-5-15-7-9-19-18-8-6-16-14-17(23-4)10-12-22(16,3)20(18)11-13-21(15,19)2/h5-6,15,17-20H,1,7-14H2,2-4H3/t15-,17-,18-,19-,20-,21+,22-/m0/s1. The summed E-state index contributed by atoms with van der Waals surface area (Å²) < 4.78 is 5.68. The van der Waals surface area contributed by atoms with Crippen molar-refractivity contribution in [1.29, 1.82) is 0 Å². The average molecular weight is 315 g/mol. The molecule has 0 radical (unpaired) electrons. The highest BCUT2D eigenvalue weighted by atomic mass is 16.5. The van der Waals surface area contributed by atoms with Crippen LogP contribution in [0.15, 0.2) is 24.3 Å². The molecule has 0 unspecified atom stereocenters. The molecule has 0 aromatic rings. The van der Waals surface area contributed by atoms with Crippen LogP contribution in [0.4, 0.5) is 0 Å². The van der Waals surface area contributed by atoms with Gasteiger partial charge in [0.05, 0.1) is 6.10 Å². The molecule has 4 rings (SSSR count). The lowest BCUT2D eigenvalue weighted by Gasteiger charge is -2.58. The molecule has 0 aromatic heterocycles. The summed E-state index contributed by atoms with van der Waals surface area (Å²) in [6, 6.07) is 0. The Morgan fingerprint density at radius 3 is 2.70 bits per heavy atom. The number of rotatable bonds is 2. The predicted molar refractivity (Wildman–Crippen MR) is 96.2 cm³/mol. The fraction of sp³-hybridized carbons (Fsp3) is 0.818. The molecule has 1 nitrogen and oxygen atoms in total. The van der Waals surface area contributed by atoms with E-state index in [1.54, 1.807) is 5.57 Å². The van der Waals surface area contributed by atoms with Crippen molar-refractivity contribution in [2.24, 2.45) is 34.5 Å². The minimum absolute atomic E-state index is 0.464. The molecule has 3 fully saturated rings. The Labute approximate surface area is 142 Å². The molecule has 4 aliphatic carbocycles. The second-order valence-electron chi connectivity index (χ2n) is 9.32. The van der Waals surface area contributed by atoms with Gasteiger partial charge in [-0.05, 0) is 85.9 Å². The minimum Gasteiger partial charge on any atom is -0.381 e. The Morgan fingerprint density at radius 1 is 1.13 bits per heavy atom. The van der Waals surface area contributed by atoms with E-state index >= 15 is 0 Å². The maximum absolute atomic E-state index is 5.68. The highest BCUT2D eigenvalue weighted by Gasteiger charge is 2.57. The zero-order valence-electron chi connectivity index (χ0n) is 15.3. The van der Waals surface area contributed by atoms with Crippen LogP contribution >= 0.6 is 0 Å². The van der Waals surface area contributed by atoms with Gasteiger partial charge in [-0.3, -0.25) is 0 Å². The Morgan fingerprint density at radius 2 is 1.96 bits per heavy atom. The number of hydrogen-bond donors (Lipinski definition) is 0. The molecular formula is C22H34O. The number of ether oxygens (including phenoxy) is 1. The minimum atomic E-state index is 0.464. The Kier molecular flexibility index (Phi) is 3.80. The third kappa shape index (κ3) is 2.15. The lowest BCUT2D eigenvalue weighted by Crippen LogP contribution is -2.50. The normalized spacial score (nSPS) is 52.1. The molecular weight excluding hydrogens is 280 g/mol. The fourth-order valence-electron chi connectivity index (χ4n) is 7.26. The van der Waals surface area contributed by atoms with Gasteiger partial charge in [0.1, 0.15) is 0 Å². The van der Waals surface area contributed by atoms with Gasteiger partial charge in [-0.25, -0.2) is 0 Å². The summed E-state index contributed by atoms with van der Waals surface area (Å²) in [6.07, 6.45) is 16.2. The zero-order valence-corrected chi connectivity index (χ0v) is 15.3. The lowest BCUT2D eigenvalue weighted by atomic mass is 9.47. The largest absolute Gasteiger partial charge is 0.381 e. The molecule has 4 aliphatic rings. The van der Waals surface area contributed by atoms with Crippen molar-refractivity contribution in [2.75, 3.05) is 7.11 Å². The van der Waals surface area contributed by atoms with Gasteiger partial charge in [-0.2, -0.15) is 0 Å². The van der Waals surface area contributed by atoms with E-state index in [9.17, 15) is 0 Å². The average Bonchev–Trinajstić information content (AvgIpc) is 2.90. The van der Waals surface area contributed by atoms with Crippen LogP contribution in [0.1, 0.15) is 65.2 Å². The van der Waals surface area contributed by atoms with E-state index in [0.717, 1.165) is 23.7 Å². The van der Waals surface area contributed by atoms with Crippen LogP contribution in [0.2, 0.25) is 0 Å². The summed E-state index contributed by atoms with van der Waals surface area (Å²) in [6.45, 7) is 9.32. The second-order valence-corrected chi connectivity index (χ2v) is 9.32. The molecule has 0 aliphatic heterocycles.